The van der Waals surface area contributed by atoms with Crippen LogP contribution in [0.1, 0.15) is 5.56 Å². The van der Waals surface area contributed by atoms with Crippen molar-refractivity contribution in [2.24, 2.45) is 0 Å². The van der Waals surface area contributed by atoms with Crippen molar-refractivity contribution in [3.8, 4) is 29.1 Å². The van der Waals surface area contributed by atoms with E-state index in [4.69, 9.17) is 15.3 Å². The second kappa shape index (κ2) is 6.09. The molecule has 0 saturated carbocycles. The molecular weight excluding hydrogens is 286 g/mol. The van der Waals surface area contributed by atoms with E-state index in [2.05, 4.69) is 4.98 Å². The minimum absolute atomic E-state index is 0.0610. The molecule has 0 aliphatic carbocycles. The average Bonchev–Trinajstić information content (AvgIpc) is 2.98. The number of aromatic nitrogens is 1. The molecule has 3 rings (SSSR count). The standard InChI is InChI=1S/C19H13N3O/c1-23-17-9-5-8-15-16(10-13(11-20)12-21)18(22-19(15)17)14-6-3-2-4-7-14/h2-10,22H,1H3. The second-order valence-corrected chi connectivity index (χ2v) is 4.94. The summed E-state index contributed by atoms with van der Waals surface area (Å²) in [5.41, 5.74) is 3.55. The van der Waals surface area contributed by atoms with Crippen molar-refractivity contribution in [3.63, 3.8) is 0 Å². The quantitative estimate of drug-likeness (QED) is 0.734. The monoisotopic (exact) mass is 299 g/mol. The van der Waals surface area contributed by atoms with Crippen LogP contribution in [0.2, 0.25) is 0 Å². The van der Waals surface area contributed by atoms with Crippen molar-refractivity contribution in [1.29, 1.82) is 10.5 Å². The van der Waals surface area contributed by atoms with E-state index >= 15 is 0 Å². The molecule has 0 bridgehead atoms. The molecule has 1 heterocycles. The first kappa shape index (κ1) is 14.4. The van der Waals surface area contributed by atoms with Gasteiger partial charge in [0.25, 0.3) is 0 Å². The molecule has 4 nitrogen and oxygen atoms in total. The summed E-state index contributed by atoms with van der Waals surface area (Å²) in [6.45, 7) is 0. The third-order valence-corrected chi connectivity index (χ3v) is 3.65. The van der Waals surface area contributed by atoms with E-state index in [9.17, 15) is 0 Å². The number of hydrogen-bond acceptors (Lipinski definition) is 3. The van der Waals surface area contributed by atoms with Crippen LogP contribution in [0, 0.1) is 22.7 Å². The zero-order chi connectivity index (χ0) is 16.2. The van der Waals surface area contributed by atoms with Crippen LogP contribution in [-0.4, -0.2) is 12.1 Å². The second-order valence-electron chi connectivity index (χ2n) is 4.94. The predicted octanol–water partition coefficient (Wildman–Crippen LogP) is 4.27. The van der Waals surface area contributed by atoms with Crippen LogP contribution in [0.15, 0.2) is 54.1 Å². The molecule has 0 aliphatic heterocycles. The number of aromatic amines is 1. The summed E-state index contributed by atoms with van der Waals surface area (Å²) in [7, 11) is 1.61. The van der Waals surface area contributed by atoms with Crippen LogP contribution >= 0.6 is 0 Å². The number of rotatable bonds is 3. The largest absolute Gasteiger partial charge is 0.495 e. The molecule has 0 amide bonds. The maximum absolute atomic E-state index is 9.08. The van der Waals surface area contributed by atoms with Crippen molar-refractivity contribution < 1.29 is 4.74 Å². The lowest BCUT2D eigenvalue weighted by atomic mass is 10.0. The van der Waals surface area contributed by atoms with Crippen LogP contribution in [0.5, 0.6) is 5.75 Å². The highest BCUT2D eigenvalue weighted by Gasteiger charge is 2.15. The van der Waals surface area contributed by atoms with Gasteiger partial charge in [0, 0.05) is 10.9 Å². The van der Waals surface area contributed by atoms with Crippen molar-refractivity contribution >= 4 is 17.0 Å². The first-order chi connectivity index (χ1) is 11.3. The van der Waals surface area contributed by atoms with Gasteiger partial charge in [-0.1, -0.05) is 42.5 Å². The van der Waals surface area contributed by atoms with Crippen LogP contribution in [0.3, 0.4) is 0 Å². The molecule has 1 N–H and O–H groups in total. The maximum Gasteiger partial charge on any atom is 0.142 e. The number of allylic oxidation sites excluding steroid dienone is 1. The molecule has 3 aromatic rings. The van der Waals surface area contributed by atoms with E-state index in [0.29, 0.717) is 0 Å². The van der Waals surface area contributed by atoms with Crippen LogP contribution < -0.4 is 4.74 Å². The number of nitrogens with one attached hydrogen (secondary N) is 1. The number of benzene rings is 2. The van der Waals surface area contributed by atoms with Gasteiger partial charge in [0.2, 0.25) is 0 Å². The Hall–Kier alpha value is -3.50. The number of H-pyrrole nitrogens is 1. The highest BCUT2D eigenvalue weighted by molar-refractivity contribution is 6.00. The molecule has 0 unspecified atom stereocenters. The molecule has 1 aromatic heterocycles. The zero-order valence-electron chi connectivity index (χ0n) is 12.5. The maximum atomic E-state index is 9.08. The molecule has 0 saturated heterocycles. The number of nitrogens with zero attached hydrogens (tertiary/aromatic N) is 2. The van der Waals surface area contributed by atoms with Gasteiger partial charge in [-0.3, -0.25) is 0 Å². The lowest BCUT2D eigenvalue weighted by Crippen LogP contribution is -1.83. The Balaban J connectivity index is 2.37. The van der Waals surface area contributed by atoms with E-state index in [-0.39, 0.29) is 5.57 Å². The number of ether oxygens (including phenoxy) is 1. The van der Waals surface area contributed by atoms with E-state index in [1.165, 1.54) is 0 Å². The van der Waals surface area contributed by atoms with Gasteiger partial charge in [-0.2, -0.15) is 10.5 Å². The molecule has 0 aliphatic rings. The lowest BCUT2D eigenvalue weighted by molar-refractivity contribution is 0.419. The molecule has 110 valence electrons. The van der Waals surface area contributed by atoms with E-state index < -0.39 is 0 Å². The van der Waals surface area contributed by atoms with Gasteiger partial charge in [0.15, 0.2) is 0 Å². The number of fused-ring (bicyclic) bond motifs is 1. The minimum atomic E-state index is 0.0610. The van der Waals surface area contributed by atoms with E-state index in [1.54, 1.807) is 13.2 Å². The van der Waals surface area contributed by atoms with Crippen LogP contribution in [0.25, 0.3) is 28.2 Å². The molecule has 0 atom stereocenters. The van der Waals surface area contributed by atoms with Crippen molar-refractivity contribution in [1.82, 2.24) is 4.98 Å². The number of para-hydroxylation sites is 1. The summed E-state index contributed by atoms with van der Waals surface area (Å²) >= 11 is 0. The Morgan fingerprint density at radius 1 is 1.04 bits per heavy atom. The Morgan fingerprint density at radius 3 is 2.43 bits per heavy atom. The highest BCUT2D eigenvalue weighted by Crippen LogP contribution is 2.36. The van der Waals surface area contributed by atoms with Gasteiger partial charge in [0.1, 0.15) is 23.5 Å². The van der Waals surface area contributed by atoms with Gasteiger partial charge in [0.05, 0.1) is 18.3 Å². The minimum Gasteiger partial charge on any atom is -0.495 e. The summed E-state index contributed by atoms with van der Waals surface area (Å²) in [5, 5.41) is 19.1. The predicted molar refractivity (Wildman–Crippen MR) is 89.5 cm³/mol. The molecular formula is C19H13N3O. The van der Waals surface area contributed by atoms with Gasteiger partial charge in [-0.05, 0) is 17.7 Å². The highest BCUT2D eigenvalue weighted by atomic mass is 16.5. The molecule has 4 heteroatoms. The van der Waals surface area contributed by atoms with Crippen LogP contribution in [0.4, 0.5) is 0 Å². The van der Waals surface area contributed by atoms with Crippen molar-refractivity contribution in [2.45, 2.75) is 0 Å². The fourth-order valence-corrected chi connectivity index (χ4v) is 2.60. The topological polar surface area (TPSA) is 72.6 Å². The Labute approximate surface area is 133 Å². The van der Waals surface area contributed by atoms with Gasteiger partial charge < -0.3 is 9.72 Å². The molecule has 0 radical (unpaired) electrons. The third-order valence-electron chi connectivity index (χ3n) is 3.65. The molecule has 0 spiro atoms. The van der Waals surface area contributed by atoms with E-state index in [0.717, 1.165) is 33.5 Å². The Morgan fingerprint density at radius 2 is 1.78 bits per heavy atom. The molecule has 23 heavy (non-hydrogen) atoms. The first-order valence-electron chi connectivity index (χ1n) is 7.04. The fourth-order valence-electron chi connectivity index (χ4n) is 2.60. The summed E-state index contributed by atoms with van der Waals surface area (Å²) in [6.07, 6.45) is 1.61. The Kier molecular flexibility index (Phi) is 3.82. The van der Waals surface area contributed by atoms with Crippen molar-refractivity contribution in [2.75, 3.05) is 7.11 Å². The first-order valence-corrected chi connectivity index (χ1v) is 7.04. The van der Waals surface area contributed by atoms with Gasteiger partial charge in [-0.25, -0.2) is 0 Å². The fraction of sp³-hybridized carbons (Fsp3) is 0.0526. The van der Waals surface area contributed by atoms with Gasteiger partial charge in [-0.15, -0.1) is 0 Å². The summed E-state index contributed by atoms with van der Waals surface area (Å²) < 4.78 is 5.41. The lowest BCUT2D eigenvalue weighted by Gasteiger charge is -2.00. The summed E-state index contributed by atoms with van der Waals surface area (Å²) in [5.74, 6) is 0.717. The van der Waals surface area contributed by atoms with Gasteiger partial charge >= 0.3 is 0 Å². The summed E-state index contributed by atoms with van der Waals surface area (Å²) in [4.78, 5) is 3.37. The SMILES string of the molecule is COc1cccc2c(C=C(C#N)C#N)c(-c3ccccc3)[nH]c12. The summed E-state index contributed by atoms with van der Waals surface area (Å²) in [6, 6.07) is 19.3. The molecule has 0 fully saturated rings. The number of nitriles is 2. The zero-order valence-corrected chi connectivity index (χ0v) is 12.5. The normalized spacial score (nSPS) is 9.87. The number of hydrogen-bond donors (Lipinski definition) is 1. The smallest absolute Gasteiger partial charge is 0.142 e. The van der Waals surface area contributed by atoms with Crippen molar-refractivity contribution in [3.05, 3.63) is 59.7 Å². The number of methoxy groups -OCH3 is 1. The average molecular weight is 299 g/mol. The van der Waals surface area contributed by atoms with Crippen LogP contribution in [-0.2, 0) is 0 Å². The molecule has 2 aromatic carbocycles. The third kappa shape index (κ3) is 2.54. The van der Waals surface area contributed by atoms with E-state index in [1.807, 2.05) is 60.7 Å². The Bertz CT molecular complexity index is 954.